The van der Waals surface area contributed by atoms with E-state index in [2.05, 4.69) is 40.0 Å². The molecule has 114 valence electrons. The summed E-state index contributed by atoms with van der Waals surface area (Å²) in [5, 5.41) is 5.56. The minimum Gasteiger partial charge on any atom is -0.346 e. The minimum atomic E-state index is 0.818. The Morgan fingerprint density at radius 1 is 1.19 bits per heavy atom. The highest BCUT2D eigenvalue weighted by molar-refractivity contribution is 6.31. The molecule has 3 rings (SSSR count). The highest BCUT2D eigenvalue weighted by Crippen LogP contribution is 2.25. The Balaban J connectivity index is 1.83. The number of nitrogens with zero attached hydrogens (tertiary/aromatic N) is 2. The van der Waals surface area contributed by atoms with Gasteiger partial charge in [0.1, 0.15) is 0 Å². The topological polar surface area (TPSA) is 20.2 Å². The first-order valence-corrected chi connectivity index (χ1v) is 8.36. The van der Waals surface area contributed by atoms with Crippen LogP contribution in [0.25, 0.3) is 10.9 Å². The third-order valence-electron chi connectivity index (χ3n) is 4.35. The van der Waals surface area contributed by atoms with Crippen molar-refractivity contribution in [3.63, 3.8) is 0 Å². The SMILES string of the molecule is CCNCc1cn(CCN2CCCC2)c2cc(Cl)ccc12. The van der Waals surface area contributed by atoms with E-state index in [-0.39, 0.29) is 0 Å². The summed E-state index contributed by atoms with van der Waals surface area (Å²) in [6, 6.07) is 6.23. The first kappa shape index (κ1) is 14.9. The van der Waals surface area contributed by atoms with Gasteiger partial charge in [-0.05, 0) is 50.2 Å². The molecule has 0 aliphatic carbocycles. The van der Waals surface area contributed by atoms with Crippen LogP contribution in [0, 0.1) is 0 Å². The molecule has 1 aromatic heterocycles. The van der Waals surface area contributed by atoms with E-state index in [1.165, 1.54) is 42.4 Å². The van der Waals surface area contributed by atoms with Crippen LogP contribution in [-0.2, 0) is 13.1 Å². The lowest BCUT2D eigenvalue weighted by atomic mass is 10.2. The van der Waals surface area contributed by atoms with E-state index in [1.807, 2.05) is 6.07 Å². The minimum absolute atomic E-state index is 0.818. The van der Waals surface area contributed by atoms with Gasteiger partial charge in [0, 0.05) is 41.8 Å². The van der Waals surface area contributed by atoms with Gasteiger partial charge in [-0.2, -0.15) is 0 Å². The fourth-order valence-electron chi connectivity index (χ4n) is 3.18. The lowest BCUT2D eigenvalue weighted by molar-refractivity contribution is 0.324. The van der Waals surface area contributed by atoms with Crippen LogP contribution in [0.3, 0.4) is 0 Å². The number of nitrogens with one attached hydrogen (secondary N) is 1. The molecule has 4 heteroatoms. The van der Waals surface area contributed by atoms with E-state index >= 15 is 0 Å². The van der Waals surface area contributed by atoms with E-state index in [4.69, 9.17) is 11.6 Å². The maximum absolute atomic E-state index is 6.19. The molecule has 21 heavy (non-hydrogen) atoms. The summed E-state index contributed by atoms with van der Waals surface area (Å²) >= 11 is 6.19. The molecule has 1 aliphatic heterocycles. The zero-order valence-electron chi connectivity index (χ0n) is 12.7. The van der Waals surface area contributed by atoms with Crippen LogP contribution in [0.5, 0.6) is 0 Å². The van der Waals surface area contributed by atoms with Gasteiger partial charge in [-0.15, -0.1) is 0 Å². The number of hydrogen-bond acceptors (Lipinski definition) is 2. The molecule has 2 aromatic rings. The van der Waals surface area contributed by atoms with Crippen molar-refractivity contribution in [2.75, 3.05) is 26.2 Å². The van der Waals surface area contributed by atoms with E-state index in [1.54, 1.807) is 0 Å². The van der Waals surface area contributed by atoms with Gasteiger partial charge in [0.05, 0.1) is 0 Å². The Kier molecular flexibility index (Phi) is 4.84. The van der Waals surface area contributed by atoms with Crippen LogP contribution in [0.15, 0.2) is 24.4 Å². The zero-order valence-corrected chi connectivity index (χ0v) is 13.5. The normalized spacial score (nSPS) is 16.1. The molecular formula is C17H24ClN3. The number of likely N-dealkylation sites (tertiary alicyclic amines) is 1. The highest BCUT2D eigenvalue weighted by atomic mass is 35.5. The van der Waals surface area contributed by atoms with Crippen LogP contribution >= 0.6 is 11.6 Å². The molecule has 0 unspecified atom stereocenters. The van der Waals surface area contributed by atoms with Crippen molar-refractivity contribution >= 4 is 22.5 Å². The lowest BCUT2D eigenvalue weighted by Gasteiger charge is -2.15. The third-order valence-corrected chi connectivity index (χ3v) is 4.58. The highest BCUT2D eigenvalue weighted by Gasteiger charge is 2.13. The summed E-state index contributed by atoms with van der Waals surface area (Å²) in [5.74, 6) is 0. The second-order valence-electron chi connectivity index (χ2n) is 5.84. The molecule has 0 amide bonds. The largest absolute Gasteiger partial charge is 0.346 e. The Morgan fingerprint density at radius 3 is 2.76 bits per heavy atom. The average molecular weight is 306 g/mol. The van der Waals surface area contributed by atoms with Crippen molar-refractivity contribution in [1.29, 1.82) is 0 Å². The van der Waals surface area contributed by atoms with Crippen LogP contribution in [0.1, 0.15) is 25.3 Å². The summed E-state index contributed by atoms with van der Waals surface area (Å²) in [6.07, 6.45) is 4.99. The Labute approximate surface area is 131 Å². The van der Waals surface area contributed by atoms with Crippen molar-refractivity contribution in [2.24, 2.45) is 0 Å². The molecule has 1 aromatic carbocycles. The second kappa shape index (κ2) is 6.82. The molecule has 1 aliphatic rings. The lowest BCUT2D eigenvalue weighted by Crippen LogP contribution is -2.23. The predicted octanol–water partition coefficient (Wildman–Crippen LogP) is 3.50. The van der Waals surface area contributed by atoms with Crippen LogP contribution < -0.4 is 5.32 Å². The predicted molar refractivity (Wildman–Crippen MR) is 90.0 cm³/mol. The number of rotatable bonds is 6. The van der Waals surface area contributed by atoms with Gasteiger partial charge < -0.3 is 14.8 Å². The molecule has 1 saturated heterocycles. The molecule has 2 heterocycles. The Hall–Kier alpha value is -1.03. The van der Waals surface area contributed by atoms with E-state index in [0.29, 0.717) is 0 Å². The van der Waals surface area contributed by atoms with Gasteiger partial charge in [0.25, 0.3) is 0 Å². The fourth-order valence-corrected chi connectivity index (χ4v) is 3.35. The van der Waals surface area contributed by atoms with Crippen LogP contribution in [-0.4, -0.2) is 35.6 Å². The fraction of sp³-hybridized carbons (Fsp3) is 0.529. The summed E-state index contributed by atoms with van der Waals surface area (Å²) in [6.45, 7) is 8.75. The van der Waals surface area contributed by atoms with Crippen molar-refractivity contribution in [3.05, 3.63) is 35.0 Å². The molecule has 0 atom stereocenters. The van der Waals surface area contributed by atoms with Gasteiger partial charge >= 0.3 is 0 Å². The average Bonchev–Trinajstić information content (AvgIpc) is 3.10. The second-order valence-corrected chi connectivity index (χ2v) is 6.27. The monoisotopic (exact) mass is 305 g/mol. The smallest absolute Gasteiger partial charge is 0.0499 e. The number of aromatic nitrogens is 1. The van der Waals surface area contributed by atoms with Crippen molar-refractivity contribution in [3.8, 4) is 0 Å². The molecule has 0 spiro atoms. The maximum Gasteiger partial charge on any atom is 0.0499 e. The van der Waals surface area contributed by atoms with Crippen LogP contribution in [0.4, 0.5) is 0 Å². The number of halogens is 1. The molecule has 0 saturated carbocycles. The number of fused-ring (bicyclic) bond motifs is 1. The number of hydrogen-bond donors (Lipinski definition) is 1. The van der Waals surface area contributed by atoms with E-state index < -0.39 is 0 Å². The summed E-state index contributed by atoms with van der Waals surface area (Å²) < 4.78 is 2.37. The Bertz CT molecular complexity index is 599. The Morgan fingerprint density at radius 2 is 2.00 bits per heavy atom. The van der Waals surface area contributed by atoms with E-state index in [9.17, 15) is 0 Å². The van der Waals surface area contributed by atoms with E-state index in [0.717, 1.165) is 31.2 Å². The first-order chi connectivity index (χ1) is 10.3. The molecule has 1 fully saturated rings. The zero-order chi connectivity index (χ0) is 14.7. The van der Waals surface area contributed by atoms with Crippen molar-refractivity contribution in [1.82, 2.24) is 14.8 Å². The third kappa shape index (κ3) is 3.42. The summed E-state index contributed by atoms with van der Waals surface area (Å²) in [5.41, 5.74) is 2.62. The van der Waals surface area contributed by atoms with Gasteiger partial charge in [-0.25, -0.2) is 0 Å². The molecular weight excluding hydrogens is 282 g/mol. The molecule has 0 radical (unpaired) electrons. The maximum atomic E-state index is 6.19. The van der Waals surface area contributed by atoms with Crippen molar-refractivity contribution in [2.45, 2.75) is 32.9 Å². The van der Waals surface area contributed by atoms with Gasteiger partial charge in [0.15, 0.2) is 0 Å². The van der Waals surface area contributed by atoms with Crippen molar-refractivity contribution < 1.29 is 0 Å². The standard InChI is InChI=1S/C17H24ClN3/c1-2-19-12-14-13-21(10-9-20-7-3-4-8-20)17-11-15(18)5-6-16(14)17/h5-6,11,13,19H,2-4,7-10,12H2,1H3. The quantitative estimate of drug-likeness (QED) is 0.881. The van der Waals surface area contributed by atoms with Gasteiger partial charge in [-0.1, -0.05) is 24.6 Å². The number of benzene rings is 1. The molecule has 0 bridgehead atoms. The van der Waals surface area contributed by atoms with Crippen LogP contribution in [0.2, 0.25) is 5.02 Å². The first-order valence-electron chi connectivity index (χ1n) is 7.98. The molecule has 1 N–H and O–H groups in total. The summed E-state index contributed by atoms with van der Waals surface area (Å²) in [7, 11) is 0. The van der Waals surface area contributed by atoms with Gasteiger partial charge in [-0.3, -0.25) is 0 Å². The summed E-state index contributed by atoms with van der Waals surface area (Å²) in [4.78, 5) is 2.56. The van der Waals surface area contributed by atoms with Gasteiger partial charge in [0.2, 0.25) is 0 Å². The molecule has 3 nitrogen and oxygen atoms in total.